The summed E-state index contributed by atoms with van der Waals surface area (Å²) in [5.41, 5.74) is -0.747. The second kappa shape index (κ2) is 4.61. The third-order valence-corrected chi connectivity index (χ3v) is 5.74. The molecular weight excluding hydrogens is 254 g/mol. The third kappa shape index (κ3) is 1.88. The van der Waals surface area contributed by atoms with E-state index in [1.54, 1.807) is 0 Å². The van der Waals surface area contributed by atoms with E-state index in [9.17, 15) is 14.7 Å². The van der Waals surface area contributed by atoms with Gasteiger partial charge in [0, 0.05) is 19.0 Å². The second-order valence-electron chi connectivity index (χ2n) is 7.01. The molecule has 2 bridgehead atoms. The van der Waals surface area contributed by atoms with E-state index in [0.29, 0.717) is 31.3 Å². The average molecular weight is 277 g/mol. The Morgan fingerprint density at radius 2 is 2.05 bits per heavy atom. The fourth-order valence-electron chi connectivity index (χ4n) is 4.21. The number of carbonyl (C=O) groups excluding carboxylic acids is 1. The fraction of sp³-hybridized carbons (Fsp3) is 0.750. The quantitative estimate of drug-likeness (QED) is 0.804. The zero-order chi connectivity index (χ0) is 14.5. The molecule has 0 aromatic carbocycles. The lowest BCUT2D eigenvalue weighted by Gasteiger charge is -2.30. The molecule has 2 aliphatic carbocycles. The van der Waals surface area contributed by atoms with Gasteiger partial charge < -0.3 is 10.0 Å². The van der Waals surface area contributed by atoms with Gasteiger partial charge >= 0.3 is 5.97 Å². The van der Waals surface area contributed by atoms with Crippen molar-refractivity contribution < 1.29 is 14.7 Å². The number of carboxylic acids is 1. The van der Waals surface area contributed by atoms with Gasteiger partial charge in [-0.25, -0.2) is 0 Å². The Morgan fingerprint density at radius 1 is 1.30 bits per heavy atom. The number of hydrogen-bond donors (Lipinski definition) is 1. The minimum atomic E-state index is -0.754. The molecule has 110 valence electrons. The molecule has 0 aromatic rings. The van der Waals surface area contributed by atoms with Gasteiger partial charge in [-0.05, 0) is 37.0 Å². The Balaban J connectivity index is 1.72. The molecule has 1 heterocycles. The molecule has 1 N–H and O–H groups in total. The number of allylic oxidation sites excluding steroid dienone is 2. The van der Waals surface area contributed by atoms with Crippen LogP contribution in [0.2, 0.25) is 0 Å². The van der Waals surface area contributed by atoms with E-state index in [-0.39, 0.29) is 17.7 Å². The minimum absolute atomic E-state index is 0.0534. The van der Waals surface area contributed by atoms with Crippen molar-refractivity contribution in [2.45, 2.75) is 33.1 Å². The lowest BCUT2D eigenvalue weighted by Crippen LogP contribution is -2.42. The summed E-state index contributed by atoms with van der Waals surface area (Å²) in [5, 5.41) is 9.56. The molecule has 4 nitrogen and oxygen atoms in total. The average Bonchev–Trinajstić information content (AvgIpc) is 3.12. The first-order valence-electron chi connectivity index (χ1n) is 7.64. The van der Waals surface area contributed by atoms with Gasteiger partial charge in [0.2, 0.25) is 5.91 Å². The highest BCUT2D eigenvalue weighted by atomic mass is 16.4. The van der Waals surface area contributed by atoms with Crippen molar-refractivity contribution >= 4 is 11.9 Å². The van der Waals surface area contributed by atoms with Crippen LogP contribution in [0.25, 0.3) is 0 Å². The number of rotatable bonds is 3. The number of hydrogen-bond acceptors (Lipinski definition) is 2. The summed E-state index contributed by atoms with van der Waals surface area (Å²) in [6.07, 6.45) is 7.06. The lowest BCUT2D eigenvalue weighted by molar-refractivity contribution is -0.151. The van der Waals surface area contributed by atoms with Crippen LogP contribution in [0, 0.1) is 29.1 Å². The predicted octanol–water partition coefficient (Wildman–Crippen LogP) is 2.16. The van der Waals surface area contributed by atoms with Crippen LogP contribution in [0.3, 0.4) is 0 Å². The molecule has 4 heteroatoms. The molecule has 0 aromatic heterocycles. The zero-order valence-electron chi connectivity index (χ0n) is 12.2. The van der Waals surface area contributed by atoms with Gasteiger partial charge in [-0.2, -0.15) is 0 Å². The van der Waals surface area contributed by atoms with Crippen molar-refractivity contribution in [3.63, 3.8) is 0 Å². The summed E-state index contributed by atoms with van der Waals surface area (Å²) in [5.74, 6) is 0.554. The Morgan fingerprint density at radius 3 is 2.50 bits per heavy atom. The molecule has 1 aliphatic heterocycles. The van der Waals surface area contributed by atoms with Gasteiger partial charge in [0.15, 0.2) is 0 Å². The summed E-state index contributed by atoms with van der Waals surface area (Å²) in [4.78, 5) is 26.1. The van der Waals surface area contributed by atoms with Crippen LogP contribution in [0.5, 0.6) is 0 Å². The number of amides is 1. The van der Waals surface area contributed by atoms with E-state index in [2.05, 4.69) is 12.2 Å². The molecule has 1 saturated heterocycles. The first-order valence-corrected chi connectivity index (χ1v) is 7.64. The highest BCUT2D eigenvalue weighted by molar-refractivity contribution is 5.83. The van der Waals surface area contributed by atoms with E-state index in [1.807, 2.05) is 18.7 Å². The van der Waals surface area contributed by atoms with Gasteiger partial charge in [0.05, 0.1) is 5.41 Å². The highest BCUT2D eigenvalue weighted by Gasteiger charge is 2.50. The Hall–Kier alpha value is -1.32. The molecule has 1 saturated carbocycles. The minimum Gasteiger partial charge on any atom is -0.481 e. The largest absolute Gasteiger partial charge is 0.481 e. The SMILES string of the molecule is CC(C)C1(C(=O)O)CCN(C(=O)C2CC3C=CC2C3)C1. The summed E-state index contributed by atoms with van der Waals surface area (Å²) < 4.78 is 0. The van der Waals surface area contributed by atoms with E-state index < -0.39 is 11.4 Å². The fourth-order valence-corrected chi connectivity index (χ4v) is 4.21. The van der Waals surface area contributed by atoms with Gasteiger partial charge in [-0.1, -0.05) is 26.0 Å². The Kier molecular flexibility index (Phi) is 3.14. The van der Waals surface area contributed by atoms with Gasteiger partial charge in [0.25, 0.3) is 0 Å². The van der Waals surface area contributed by atoms with Crippen LogP contribution >= 0.6 is 0 Å². The van der Waals surface area contributed by atoms with Crippen molar-refractivity contribution in [2.24, 2.45) is 29.1 Å². The third-order valence-electron chi connectivity index (χ3n) is 5.74. The number of fused-ring (bicyclic) bond motifs is 2. The summed E-state index contributed by atoms with van der Waals surface area (Å²) >= 11 is 0. The number of carbonyl (C=O) groups is 2. The normalized spacial score (nSPS) is 39.0. The molecule has 4 atom stereocenters. The van der Waals surface area contributed by atoms with Crippen LogP contribution in [-0.4, -0.2) is 35.0 Å². The van der Waals surface area contributed by atoms with Crippen molar-refractivity contribution in [2.75, 3.05) is 13.1 Å². The lowest BCUT2D eigenvalue weighted by atomic mass is 9.76. The maximum absolute atomic E-state index is 12.7. The predicted molar refractivity (Wildman–Crippen MR) is 74.9 cm³/mol. The standard InChI is InChI=1S/C16H23NO3/c1-10(2)16(15(19)20)5-6-17(9-16)14(18)13-8-11-3-4-12(13)7-11/h3-4,10-13H,5-9H2,1-2H3,(H,19,20). The molecule has 20 heavy (non-hydrogen) atoms. The molecule has 0 spiro atoms. The second-order valence-corrected chi connectivity index (χ2v) is 7.01. The first kappa shape index (κ1) is 13.7. The molecule has 1 amide bonds. The van der Waals surface area contributed by atoms with Crippen LogP contribution < -0.4 is 0 Å². The van der Waals surface area contributed by atoms with E-state index in [1.165, 1.54) is 0 Å². The molecule has 4 unspecified atom stereocenters. The molecule has 3 aliphatic rings. The maximum Gasteiger partial charge on any atom is 0.311 e. The van der Waals surface area contributed by atoms with Crippen LogP contribution in [0.1, 0.15) is 33.1 Å². The van der Waals surface area contributed by atoms with Gasteiger partial charge in [-0.3, -0.25) is 9.59 Å². The smallest absolute Gasteiger partial charge is 0.311 e. The zero-order valence-corrected chi connectivity index (χ0v) is 12.2. The van der Waals surface area contributed by atoms with E-state index in [0.717, 1.165) is 12.8 Å². The van der Waals surface area contributed by atoms with Crippen LogP contribution in [-0.2, 0) is 9.59 Å². The monoisotopic (exact) mass is 277 g/mol. The number of aliphatic carboxylic acids is 1. The summed E-state index contributed by atoms with van der Waals surface area (Å²) in [6.45, 7) is 4.88. The number of likely N-dealkylation sites (tertiary alicyclic amines) is 1. The topological polar surface area (TPSA) is 57.6 Å². The van der Waals surface area contributed by atoms with Gasteiger partial charge in [-0.15, -0.1) is 0 Å². The van der Waals surface area contributed by atoms with Gasteiger partial charge in [0.1, 0.15) is 0 Å². The van der Waals surface area contributed by atoms with Crippen LogP contribution in [0.4, 0.5) is 0 Å². The summed E-state index contributed by atoms with van der Waals surface area (Å²) in [7, 11) is 0. The highest BCUT2D eigenvalue weighted by Crippen LogP contribution is 2.46. The summed E-state index contributed by atoms with van der Waals surface area (Å²) in [6, 6.07) is 0. The molecule has 2 fully saturated rings. The van der Waals surface area contributed by atoms with Crippen molar-refractivity contribution in [3.8, 4) is 0 Å². The first-order chi connectivity index (χ1) is 9.44. The van der Waals surface area contributed by atoms with Crippen molar-refractivity contribution in [1.29, 1.82) is 0 Å². The van der Waals surface area contributed by atoms with Crippen molar-refractivity contribution in [1.82, 2.24) is 4.90 Å². The maximum atomic E-state index is 12.7. The Bertz CT molecular complexity index is 470. The molecular formula is C16H23NO3. The van der Waals surface area contributed by atoms with Crippen molar-refractivity contribution in [3.05, 3.63) is 12.2 Å². The number of nitrogens with zero attached hydrogens (tertiary/aromatic N) is 1. The Labute approximate surface area is 119 Å². The number of carboxylic acid groups (broad SMARTS) is 1. The van der Waals surface area contributed by atoms with Crippen LogP contribution in [0.15, 0.2) is 12.2 Å². The van der Waals surface area contributed by atoms with E-state index >= 15 is 0 Å². The van der Waals surface area contributed by atoms with E-state index in [4.69, 9.17) is 0 Å². The molecule has 0 radical (unpaired) electrons. The molecule has 3 rings (SSSR count).